The Labute approximate surface area is 182 Å². The van der Waals surface area contributed by atoms with Gasteiger partial charge in [0.1, 0.15) is 11.6 Å². The second-order valence-corrected chi connectivity index (χ2v) is 9.78. The Kier molecular flexibility index (Phi) is 6.27. The van der Waals surface area contributed by atoms with Crippen molar-refractivity contribution in [2.75, 3.05) is 46.4 Å². The lowest BCUT2D eigenvalue weighted by molar-refractivity contribution is -0.133. The van der Waals surface area contributed by atoms with E-state index in [1.165, 1.54) is 33.6 Å². The number of carbonyl (C=O) groups excluding carboxylic acids is 1. The molecule has 9 heteroatoms. The lowest BCUT2D eigenvalue weighted by Crippen LogP contribution is -2.52. The number of halogens is 1. The fourth-order valence-corrected chi connectivity index (χ4v) is 5.55. The van der Waals surface area contributed by atoms with Crippen LogP contribution in [0.4, 0.5) is 4.39 Å². The first-order valence-electron chi connectivity index (χ1n) is 10.3. The number of hydrogen-bond donors (Lipinski definition) is 0. The second kappa shape index (κ2) is 8.94. The number of amides is 1. The van der Waals surface area contributed by atoms with Crippen LogP contribution in [0.25, 0.3) is 0 Å². The molecule has 0 aromatic heterocycles. The van der Waals surface area contributed by atoms with Gasteiger partial charge in [-0.25, -0.2) is 12.8 Å². The van der Waals surface area contributed by atoms with E-state index >= 15 is 0 Å². The third-order valence-corrected chi connectivity index (χ3v) is 7.78. The Morgan fingerprint density at radius 3 is 2.52 bits per heavy atom. The van der Waals surface area contributed by atoms with Crippen molar-refractivity contribution in [2.45, 2.75) is 17.9 Å². The molecular weight excluding hydrogens is 421 g/mol. The monoisotopic (exact) mass is 447 g/mol. The first kappa shape index (κ1) is 21.7. The molecule has 1 fully saturated rings. The summed E-state index contributed by atoms with van der Waals surface area (Å²) in [7, 11) is -2.13. The Balaban J connectivity index is 1.33. The van der Waals surface area contributed by atoms with Crippen molar-refractivity contribution >= 4 is 15.9 Å². The first-order valence-corrected chi connectivity index (χ1v) is 11.7. The number of hydrogen-bond acceptors (Lipinski definition) is 5. The van der Waals surface area contributed by atoms with Crippen molar-refractivity contribution in [3.8, 4) is 5.75 Å². The van der Waals surface area contributed by atoms with Crippen molar-refractivity contribution in [3.63, 3.8) is 0 Å². The van der Waals surface area contributed by atoms with Gasteiger partial charge in [0.2, 0.25) is 15.9 Å². The minimum atomic E-state index is -3.77. The van der Waals surface area contributed by atoms with E-state index in [0.717, 1.165) is 24.8 Å². The molecule has 2 heterocycles. The molecule has 0 N–H and O–H groups in total. The molecule has 2 aromatic carbocycles. The lowest BCUT2D eigenvalue weighted by Gasteiger charge is -2.36. The fraction of sp³-hybridized carbons (Fsp3) is 0.409. The summed E-state index contributed by atoms with van der Waals surface area (Å²) in [5.74, 6) is 0.215. The third kappa shape index (κ3) is 4.73. The topological polar surface area (TPSA) is 70.2 Å². The maximum atomic E-state index is 13.4. The maximum absolute atomic E-state index is 13.4. The summed E-state index contributed by atoms with van der Waals surface area (Å²) in [6, 6.07) is 11.1. The van der Waals surface area contributed by atoms with E-state index in [-0.39, 0.29) is 23.9 Å². The van der Waals surface area contributed by atoms with Crippen LogP contribution >= 0.6 is 0 Å². The smallest absolute Gasteiger partial charge is 0.243 e. The second-order valence-electron chi connectivity index (χ2n) is 7.84. The van der Waals surface area contributed by atoms with Crippen LogP contribution in [0, 0.1) is 5.82 Å². The SMILES string of the molecule is COc1ccc2c(c1)CN(CC(=O)N1CCN(S(=O)(=O)c3cccc(F)c3)CC1)CC2. The van der Waals surface area contributed by atoms with E-state index in [1.807, 2.05) is 12.1 Å². The van der Waals surface area contributed by atoms with Gasteiger partial charge in [-0.15, -0.1) is 0 Å². The van der Waals surface area contributed by atoms with Crippen molar-refractivity contribution in [3.05, 3.63) is 59.4 Å². The highest BCUT2D eigenvalue weighted by molar-refractivity contribution is 7.89. The maximum Gasteiger partial charge on any atom is 0.243 e. The van der Waals surface area contributed by atoms with Gasteiger partial charge in [0.15, 0.2) is 0 Å². The van der Waals surface area contributed by atoms with Crippen LogP contribution in [0.5, 0.6) is 5.75 Å². The number of rotatable bonds is 5. The minimum Gasteiger partial charge on any atom is -0.497 e. The molecule has 0 radical (unpaired) electrons. The summed E-state index contributed by atoms with van der Waals surface area (Å²) >= 11 is 0. The zero-order valence-electron chi connectivity index (χ0n) is 17.5. The molecule has 0 saturated carbocycles. The van der Waals surface area contributed by atoms with Crippen LogP contribution in [0.15, 0.2) is 47.4 Å². The van der Waals surface area contributed by atoms with Gasteiger partial charge in [0.25, 0.3) is 0 Å². The van der Waals surface area contributed by atoms with Gasteiger partial charge in [-0.2, -0.15) is 4.31 Å². The minimum absolute atomic E-state index is 0.00542. The molecule has 0 atom stereocenters. The lowest BCUT2D eigenvalue weighted by atomic mass is 9.99. The van der Waals surface area contributed by atoms with Crippen LogP contribution in [-0.2, 0) is 27.8 Å². The summed E-state index contributed by atoms with van der Waals surface area (Å²) in [5.41, 5.74) is 2.45. The van der Waals surface area contributed by atoms with Gasteiger partial charge >= 0.3 is 0 Å². The van der Waals surface area contributed by atoms with Gasteiger partial charge in [0, 0.05) is 39.3 Å². The zero-order chi connectivity index (χ0) is 22.0. The molecular formula is C22H26FN3O4S. The zero-order valence-corrected chi connectivity index (χ0v) is 18.3. The molecule has 1 saturated heterocycles. The van der Waals surface area contributed by atoms with Crippen LogP contribution in [0.3, 0.4) is 0 Å². The summed E-state index contributed by atoms with van der Waals surface area (Å²) in [4.78, 5) is 16.6. The quantitative estimate of drug-likeness (QED) is 0.698. The van der Waals surface area contributed by atoms with Crippen molar-refractivity contribution in [1.29, 1.82) is 0 Å². The summed E-state index contributed by atoms with van der Waals surface area (Å²) in [6.07, 6.45) is 0.881. The molecule has 0 bridgehead atoms. The molecule has 2 aliphatic heterocycles. The predicted molar refractivity (Wildman–Crippen MR) is 114 cm³/mol. The number of nitrogens with zero attached hydrogens (tertiary/aromatic N) is 3. The number of ether oxygens (including phenoxy) is 1. The molecule has 4 rings (SSSR count). The molecule has 166 valence electrons. The number of carbonyl (C=O) groups is 1. The number of benzene rings is 2. The van der Waals surface area contributed by atoms with E-state index < -0.39 is 15.8 Å². The van der Waals surface area contributed by atoms with Gasteiger partial charge in [-0.05, 0) is 47.9 Å². The first-order chi connectivity index (χ1) is 14.9. The van der Waals surface area contributed by atoms with Crippen LogP contribution < -0.4 is 4.74 Å². The largest absolute Gasteiger partial charge is 0.497 e. The molecule has 2 aliphatic rings. The molecule has 31 heavy (non-hydrogen) atoms. The number of sulfonamides is 1. The fourth-order valence-electron chi connectivity index (χ4n) is 4.10. The molecule has 2 aromatic rings. The van der Waals surface area contributed by atoms with E-state index in [9.17, 15) is 17.6 Å². The van der Waals surface area contributed by atoms with Crippen molar-refractivity contribution in [2.24, 2.45) is 0 Å². The molecule has 0 unspecified atom stereocenters. The van der Waals surface area contributed by atoms with Gasteiger partial charge in [0.05, 0.1) is 18.6 Å². The van der Waals surface area contributed by atoms with E-state index in [4.69, 9.17) is 4.74 Å². The molecule has 0 spiro atoms. The highest BCUT2D eigenvalue weighted by Crippen LogP contribution is 2.24. The highest BCUT2D eigenvalue weighted by atomic mass is 32.2. The molecule has 1 amide bonds. The van der Waals surface area contributed by atoms with Gasteiger partial charge in [-0.3, -0.25) is 9.69 Å². The number of fused-ring (bicyclic) bond motifs is 1. The standard InChI is InChI=1S/C22H26FN3O4S/c1-30-20-6-5-17-7-8-24(15-18(17)13-20)16-22(27)25-9-11-26(12-10-25)31(28,29)21-4-2-3-19(23)14-21/h2-6,13-14H,7-12,15-16H2,1H3. The van der Waals surface area contributed by atoms with Gasteiger partial charge in [-0.1, -0.05) is 12.1 Å². The third-order valence-electron chi connectivity index (χ3n) is 5.89. The molecule has 7 nitrogen and oxygen atoms in total. The Morgan fingerprint density at radius 2 is 1.81 bits per heavy atom. The van der Waals surface area contributed by atoms with Crippen molar-refractivity contribution < 1.29 is 22.3 Å². The summed E-state index contributed by atoms with van der Waals surface area (Å²) < 4.78 is 45.5. The molecule has 0 aliphatic carbocycles. The van der Waals surface area contributed by atoms with Crippen LogP contribution in [-0.4, -0.2) is 74.8 Å². The predicted octanol–water partition coefficient (Wildman–Crippen LogP) is 1.73. The van der Waals surface area contributed by atoms with E-state index in [1.54, 1.807) is 12.0 Å². The Hall–Kier alpha value is -2.49. The Bertz CT molecular complexity index is 1070. The van der Waals surface area contributed by atoms with Gasteiger partial charge < -0.3 is 9.64 Å². The summed E-state index contributed by atoms with van der Waals surface area (Å²) in [6.45, 7) is 2.84. The van der Waals surface area contributed by atoms with E-state index in [0.29, 0.717) is 26.2 Å². The number of methoxy groups -OCH3 is 1. The average Bonchev–Trinajstić information content (AvgIpc) is 2.78. The summed E-state index contributed by atoms with van der Waals surface area (Å²) in [5, 5.41) is 0. The van der Waals surface area contributed by atoms with Crippen LogP contribution in [0.1, 0.15) is 11.1 Å². The van der Waals surface area contributed by atoms with Crippen molar-refractivity contribution in [1.82, 2.24) is 14.1 Å². The Morgan fingerprint density at radius 1 is 1.03 bits per heavy atom. The number of piperazine rings is 1. The highest BCUT2D eigenvalue weighted by Gasteiger charge is 2.31. The normalized spacial score (nSPS) is 17.9. The average molecular weight is 448 g/mol. The van der Waals surface area contributed by atoms with E-state index in [2.05, 4.69) is 11.0 Å². The van der Waals surface area contributed by atoms with Crippen LogP contribution in [0.2, 0.25) is 0 Å².